The molecule has 4 rings (SSSR count). The van der Waals surface area contributed by atoms with Crippen molar-refractivity contribution in [2.45, 2.75) is 38.3 Å². The summed E-state index contributed by atoms with van der Waals surface area (Å²) in [5, 5.41) is 5.52. The fraction of sp³-hybridized carbons (Fsp3) is 0.500. The van der Waals surface area contributed by atoms with Gasteiger partial charge in [-0.1, -0.05) is 30.3 Å². The smallest absolute Gasteiger partial charge is 0.315 e. The van der Waals surface area contributed by atoms with Crippen molar-refractivity contribution < 1.29 is 18.0 Å². The number of carbonyl (C=O) groups is 1. The first-order valence-electron chi connectivity index (χ1n) is 11.1. The third kappa shape index (κ3) is 5.48. The molecule has 1 spiro atoms. The van der Waals surface area contributed by atoms with Gasteiger partial charge in [-0.15, -0.1) is 0 Å². The molecule has 2 aliphatic heterocycles. The van der Waals surface area contributed by atoms with Crippen molar-refractivity contribution >= 4 is 5.91 Å². The monoisotopic (exact) mass is 446 g/mol. The van der Waals surface area contributed by atoms with Crippen LogP contribution in [0.5, 0.6) is 0 Å². The van der Waals surface area contributed by atoms with Crippen LogP contribution in [-0.2, 0) is 17.8 Å². The van der Waals surface area contributed by atoms with Crippen LogP contribution in [0.4, 0.5) is 13.2 Å². The van der Waals surface area contributed by atoms with Gasteiger partial charge in [0.2, 0.25) is 0 Å². The second kappa shape index (κ2) is 10.0. The van der Waals surface area contributed by atoms with Crippen LogP contribution in [0.1, 0.15) is 24.1 Å². The van der Waals surface area contributed by atoms with Crippen molar-refractivity contribution in [3.8, 4) is 11.1 Å². The van der Waals surface area contributed by atoms with E-state index in [0.29, 0.717) is 5.41 Å². The molecule has 32 heavy (non-hydrogen) atoms. The van der Waals surface area contributed by atoms with E-state index in [1.807, 2.05) is 41.8 Å². The number of halogens is 3. The highest BCUT2D eigenvalue weighted by Gasteiger charge is 2.40. The van der Waals surface area contributed by atoms with Gasteiger partial charge in [0.15, 0.2) is 0 Å². The Balaban J connectivity index is 1.32. The van der Waals surface area contributed by atoms with Crippen molar-refractivity contribution in [3.05, 3.63) is 53.9 Å². The Bertz CT molecular complexity index is 898. The standard InChI is InChI=1S/C24H29F3N4O/c25-12-21(30-23(32)22(26)27)11-17-1-3-18(4-2-17)19-5-6-20(29-13-19)14-31-10-8-24(16-31)7-9-28-15-24/h1-6,13,21-22,28H,7-12,14-16H2,(H,30,32). The maximum absolute atomic E-state index is 13.1. The Morgan fingerprint density at radius 3 is 2.56 bits per heavy atom. The fourth-order valence-corrected chi connectivity index (χ4v) is 4.75. The van der Waals surface area contributed by atoms with Crippen molar-refractivity contribution in [1.82, 2.24) is 20.5 Å². The van der Waals surface area contributed by atoms with Gasteiger partial charge in [0, 0.05) is 31.4 Å². The summed E-state index contributed by atoms with van der Waals surface area (Å²) in [5.41, 5.74) is 4.21. The molecule has 2 fully saturated rings. The van der Waals surface area contributed by atoms with Crippen molar-refractivity contribution in [3.63, 3.8) is 0 Å². The van der Waals surface area contributed by atoms with Crippen LogP contribution < -0.4 is 10.6 Å². The van der Waals surface area contributed by atoms with Crippen LogP contribution in [0.3, 0.4) is 0 Å². The van der Waals surface area contributed by atoms with E-state index in [-0.39, 0.29) is 6.42 Å². The lowest BCUT2D eigenvalue weighted by Gasteiger charge is -2.22. The molecule has 0 bridgehead atoms. The summed E-state index contributed by atoms with van der Waals surface area (Å²) in [6.45, 7) is 4.44. The molecule has 1 aromatic carbocycles. The van der Waals surface area contributed by atoms with Crippen LogP contribution in [0, 0.1) is 5.41 Å². The van der Waals surface area contributed by atoms with Gasteiger partial charge in [-0.2, -0.15) is 8.78 Å². The van der Waals surface area contributed by atoms with Gasteiger partial charge in [0.25, 0.3) is 5.91 Å². The lowest BCUT2D eigenvalue weighted by molar-refractivity contribution is -0.132. The predicted octanol–water partition coefficient (Wildman–Crippen LogP) is 3.20. The highest BCUT2D eigenvalue weighted by Crippen LogP contribution is 2.36. The summed E-state index contributed by atoms with van der Waals surface area (Å²) in [4.78, 5) is 18.2. The number of aromatic nitrogens is 1. The molecule has 0 saturated carbocycles. The molecule has 3 heterocycles. The topological polar surface area (TPSA) is 57.3 Å². The molecule has 2 saturated heterocycles. The number of likely N-dealkylation sites (tertiary alicyclic amines) is 1. The largest absolute Gasteiger partial charge is 0.345 e. The summed E-state index contributed by atoms with van der Waals surface area (Å²) in [7, 11) is 0. The van der Waals surface area contributed by atoms with Gasteiger partial charge in [-0.3, -0.25) is 14.7 Å². The summed E-state index contributed by atoms with van der Waals surface area (Å²) in [6.07, 6.45) is 1.38. The molecule has 8 heteroatoms. The third-order valence-corrected chi connectivity index (χ3v) is 6.56. The zero-order valence-electron chi connectivity index (χ0n) is 18.0. The molecule has 2 aromatic rings. The van der Waals surface area contributed by atoms with E-state index in [1.165, 1.54) is 12.8 Å². The number of rotatable bonds is 8. The van der Waals surface area contributed by atoms with Crippen LogP contribution in [0.15, 0.2) is 42.6 Å². The highest BCUT2D eigenvalue weighted by atomic mass is 19.3. The zero-order valence-corrected chi connectivity index (χ0v) is 18.0. The average Bonchev–Trinajstić information content (AvgIpc) is 3.43. The average molecular weight is 447 g/mol. The van der Waals surface area contributed by atoms with Gasteiger partial charge in [0.1, 0.15) is 6.67 Å². The Morgan fingerprint density at radius 1 is 1.16 bits per heavy atom. The normalized spacial score (nSPS) is 22.0. The van der Waals surface area contributed by atoms with Crippen molar-refractivity contribution in [1.29, 1.82) is 0 Å². The second-order valence-corrected chi connectivity index (χ2v) is 8.99. The van der Waals surface area contributed by atoms with Crippen molar-refractivity contribution in [2.24, 2.45) is 5.41 Å². The molecule has 1 aromatic heterocycles. The van der Waals surface area contributed by atoms with E-state index in [4.69, 9.17) is 0 Å². The van der Waals surface area contributed by atoms with Gasteiger partial charge in [0.05, 0.1) is 11.7 Å². The van der Waals surface area contributed by atoms with Crippen LogP contribution in [0.25, 0.3) is 11.1 Å². The number of amides is 1. The molecule has 1 amide bonds. The Hall–Kier alpha value is -2.45. The molecule has 172 valence electrons. The highest BCUT2D eigenvalue weighted by molar-refractivity contribution is 5.79. The Kier molecular flexibility index (Phi) is 7.10. The van der Waals surface area contributed by atoms with Gasteiger partial charge >= 0.3 is 6.43 Å². The van der Waals surface area contributed by atoms with Crippen LogP contribution >= 0.6 is 0 Å². The molecule has 2 aliphatic rings. The lowest BCUT2D eigenvalue weighted by Crippen LogP contribution is -2.41. The summed E-state index contributed by atoms with van der Waals surface area (Å²) < 4.78 is 37.8. The Labute approximate surface area is 186 Å². The summed E-state index contributed by atoms with van der Waals surface area (Å²) in [5.74, 6) is -1.44. The van der Waals surface area contributed by atoms with E-state index in [9.17, 15) is 18.0 Å². The van der Waals surface area contributed by atoms with Gasteiger partial charge < -0.3 is 10.6 Å². The minimum absolute atomic E-state index is 0.152. The molecule has 0 aliphatic carbocycles. The number of alkyl halides is 3. The SMILES string of the molecule is O=C(NC(CF)Cc1ccc(-c2ccc(CN3CCC4(CCNC4)C3)nc2)cc1)C(F)F. The Morgan fingerprint density at radius 2 is 1.94 bits per heavy atom. The minimum atomic E-state index is -3.15. The second-order valence-electron chi connectivity index (χ2n) is 8.99. The minimum Gasteiger partial charge on any atom is -0.345 e. The van der Waals surface area contributed by atoms with Gasteiger partial charge in [-0.05, 0) is 55.0 Å². The van der Waals surface area contributed by atoms with Crippen LogP contribution in [0.2, 0.25) is 0 Å². The number of benzene rings is 1. The summed E-state index contributed by atoms with van der Waals surface area (Å²) in [6, 6.07) is 10.6. The number of nitrogens with one attached hydrogen (secondary N) is 2. The molecule has 0 radical (unpaired) electrons. The quantitative estimate of drug-likeness (QED) is 0.654. The van der Waals surface area contributed by atoms with Crippen LogP contribution in [-0.4, -0.2) is 61.1 Å². The zero-order chi connectivity index (χ0) is 22.6. The molecular weight excluding hydrogens is 417 g/mol. The fourth-order valence-electron chi connectivity index (χ4n) is 4.75. The van der Waals surface area contributed by atoms with E-state index in [2.05, 4.69) is 21.3 Å². The van der Waals surface area contributed by atoms with Gasteiger partial charge in [-0.25, -0.2) is 4.39 Å². The third-order valence-electron chi connectivity index (χ3n) is 6.56. The number of carbonyl (C=O) groups excluding carboxylic acids is 1. The van der Waals surface area contributed by atoms with E-state index < -0.39 is 25.0 Å². The number of nitrogens with zero attached hydrogens (tertiary/aromatic N) is 2. The molecule has 2 atom stereocenters. The lowest BCUT2D eigenvalue weighted by atomic mass is 9.87. The number of hydrogen-bond donors (Lipinski definition) is 2. The maximum atomic E-state index is 13.1. The van der Waals surface area contributed by atoms with E-state index in [1.54, 1.807) is 0 Å². The first-order chi connectivity index (χ1) is 15.5. The number of pyridine rings is 1. The first-order valence-corrected chi connectivity index (χ1v) is 11.1. The maximum Gasteiger partial charge on any atom is 0.315 e. The molecule has 2 N–H and O–H groups in total. The summed E-state index contributed by atoms with van der Waals surface area (Å²) >= 11 is 0. The first kappa shape index (κ1) is 22.7. The van der Waals surface area contributed by atoms with Crippen molar-refractivity contribution in [2.75, 3.05) is 32.9 Å². The molecule has 5 nitrogen and oxygen atoms in total. The van der Waals surface area contributed by atoms with E-state index in [0.717, 1.165) is 55.1 Å². The number of hydrogen-bond acceptors (Lipinski definition) is 4. The predicted molar refractivity (Wildman–Crippen MR) is 117 cm³/mol. The van der Waals surface area contributed by atoms with E-state index >= 15 is 0 Å². The molecular formula is C24H29F3N4O. The molecule has 2 unspecified atom stereocenters.